The molecule has 2 aromatic carbocycles. The molecule has 8 heteroatoms. The molecule has 0 aromatic heterocycles. The summed E-state index contributed by atoms with van der Waals surface area (Å²) in [5.74, 6) is 0.370. The van der Waals surface area contributed by atoms with E-state index in [1.54, 1.807) is 36.4 Å². The van der Waals surface area contributed by atoms with Crippen LogP contribution < -0.4 is 20.1 Å². The van der Waals surface area contributed by atoms with Gasteiger partial charge in [0, 0.05) is 0 Å². The van der Waals surface area contributed by atoms with E-state index in [0.717, 1.165) is 5.56 Å². The molecule has 2 amide bonds. The van der Waals surface area contributed by atoms with Crippen molar-refractivity contribution in [1.82, 2.24) is 5.32 Å². The van der Waals surface area contributed by atoms with Gasteiger partial charge >= 0.3 is 0 Å². The van der Waals surface area contributed by atoms with Crippen LogP contribution in [0, 0.1) is 0 Å². The molecule has 0 spiro atoms. The highest BCUT2D eigenvalue weighted by atomic mass is 35.5. The number of rotatable bonds is 7. The van der Waals surface area contributed by atoms with Gasteiger partial charge in [0.2, 0.25) is 11.8 Å². The molecule has 0 heterocycles. The van der Waals surface area contributed by atoms with Gasteiger partial charge in [-0.2, -0.15) is 0 Å². The van der Waals surface area contributed by atoms with Gasteiger partial charge in [0.05, 0.1) is 42.9 Å². The van der Waals surface area contributed by atoms with Crippen LogP contribution in [0.5, 0.6) is 11.5 Å². The molecule has 0 aliphatic carbocycles. The van der Waals surface area contributed by atoms with Crippen LogP contribution in [0.2, 0.25) is 10.0 Å². The van der Waals surface area contributed by atoms with Crippen LogP contribution in [0.25, 0.3) is 0 Å². The van der Waals surface area contributed by atoms with Gasteiger partial charge in [-0.1, -0.05) is 35.3 Å². The molecule has 0 radical (unpaired) electrons. The SMILES string of the molecule is COc1ccc(CC(=O)NCC(=O)Nc2c(Cl)cccc2Cl)cc1OC. The van der Waals surface area contributed by atoms with Crippen LogP contribution in [-0.4, -0.2) is 32.6 Å². The number of halogens is 2. The Labute approximate surface area is 161 Å². The second-order valence-electron chi connectivity index (χ2n) is 5.29. The van der Waals surface area contributed by atoms with Crippen LogP contribution in [0.4, 0.5) is 5.69 Å². The second kappa shape index (κ2) is 9.31. The lowest BCUT2D eigenvalue weighted by atomic mass is 10.1. The van der Waals surface area contributed by atoms with Crippen molar-refractivity contribution >= 4 is 40.7 Å². The highest BCUT2D eigenvalue weighted by Crippen LogP contribution is 2.29. The van der Waals surface area contributed by atoms with Gasteiger partial charge in [-0.15, -0.1) is 0 Å². The maximum atomic E-state index is 12.0. The van der Waals surface area contributed by atoms with Crippen LogP contribution in [0.1, 0.15) is 5.56 Å². The highest BCUT2D eigenvalue weighted by Gasteiger charge is 2.12. The molecular formula is C18H18Cl2N2O4. The lowest BCUT2D eigenvalue weighted by Gasteiger charge is -2.11. The number of amides is 2. The van der Waals surface area contributed by atoms with Crippen molar-refractivity contribution in [1.29, 1.82) is 0 Å². The summed E-state index contributed by atoms with van der Waals surface area (Å²) in [6, 6.07) is 10.1. The number of ether oxygens (including phenoxy) is 2. The number of benzene rings is 2. The third-order valence-corrected chi connectivity index (χ3v) is 4.12. The molecule has 6 nitrogen and oxygen atoms in total. The van der Waals surface area contributed by atoms with Crippen molar-refractivity contribution in [3.63, 3.8) is 0 Å². The van der Waals surface area contributed by atoms with Crippen molar-refractivity contribution in [2.45, 2.75) is 6.42 Å². The van der Waals surface area contributed by atoms with Crippen LogP contribution >= 0.6 is 23.2 Å². The number of methoxy groups -OCH3 is 2. The largest absolute Gasteiger partial charge is 0.493 e. The first-order valence-corrected chi connectivity index (χ1v) is 8.41. The standard InChI is InChI=1S/C18H18Cl2N2O4/c1-25-14-7-6-11(8-15(14)26-2)9-16(23)21-10-17(24)22-18-12(19)4-3-5-13(18)20/h3-8H,9-10H2,1-2H3,(H,21,23)(H,22,24). The van der Waals surface area contributed by atoms with E-state index in [1.165, 1.54) is 14.2 Å². The molecule has 2 rings (SSSR count). The fourth-order valence-corrected chi connectivity index (χ4v) is 2.71. The molecule has 26 heavy (non-hydrogen) atoms. The molecule has 2 N–H and O–H groups in total. The molecule has 0 aliphatic rings. The first-order chi connectivity index (χ1) is 12.4. The number of hydrogen-bond donors (Lipinski definition) is 2. The molecule has 0 fully saturated rings. The summed E-state index contributed by atoms with van der Waals surface area (Å²) in [6.45, 7) is -0.201. The van der Waals surface area contributed by atoms with E-state index in [-0.39, 0.29) is 18.9 Å². The van der Waals surface area contributed by atoms with Gasteiger partial charge in [0.15, 0.2) is 11.5 Å². The van der Waals surface area contributed by atoms with Crippen molar-refractivity contribution in [2.24, 2.45) is 0 Å². The van der Waals surface area contributed by atoms with Gasteiger partial charge in [0.1, 0.15) is 0 Å². The van der Waals surface area contributed by atoms with Gasteiger partial charge in [0.25, 0.3) is 0 Å². The summed E-state index contributed by atoms with van der Waals surface area (Å²) < 4.78 is 10.4. The lowest BCUT2D eigenvalue weighted by molar-refractivity contribution is -0.123. The Morgan fingerprint density at radius 2 is 1.62 bits per heavy atom. The van der Waals surface area contributed by atoms with Crippen molar-refractivity contribution in [3.05, 3.63) is 52.0 Å². The van der Waals surface area contributed by atoms with Gasteiger partial charge < -0.3 is 20.1 Å². The lowest BCUT2D eigenvalue weighted by Crippen LogP contribution is -2.33. The minimum atomic E-state index is -0.430. The average molecular weight is 397 g/mol. The van der Waals surface area contributed by atoms with Crippen molar-refractivity contribution in [3.8, 4) is 11.5 Å². The van der Waals surface area contributed by atoms with E-state index in [2.05, 4.69) is 10.6 Å². The molecule has 0 saturated heterocycles. The Bertz CT molecular complexity index is 792. The number of anilines is 1. The van der Waals surface area contributed by atoms with Crippen molar-refractivity contribution in [2.75, 3.05) is 26.1 Å². The van der Waals surface area contributed by atoms with Gasteiger partial charge in [-0.3, -0.25) is 9.59 Å². The number of hydrogen-bond acceptors (Lipinski definition) is 4. The normalized spacial score (nSPS) is 10.2. The molecule has 138 valence electrons. The Hall–Kier alpha value is -2.44. The Morgan fingerprint density at radius 1 is 0.962 bits per heavy atom. The van der Waals surface area contributed by atoms with Crippen LogP contribution in [0.3, 0.4) is 0 Å². The predicted octanol–water partition coefficient (Wildman–Crippen LogP) is 3.31. The summed E-state index contributed by atoms with van der Waals surface area (Å²) in [5, 5.41) is 5.77. The quantitative estimate of drug-likeness (QED) is 0.752. The first kappa shape index (κ1) is 19.9. The maximum absolute atomic E-state index is 12.0. The molecular weight excluding hydrogens is 379 g/mol. The molecule has 2 aromatic rings. The highest BCUT2D eigenvalue weighted by molar-refractivity contribution is 6.39. The van der Waals surface area contributed by atoms with Crippen LogP contribution in [-0.2, 0) is 16.0 Å². The maximum Gasteiger partial charge on any atom is 0.243 e. The number of nitrogens with one attached hydrogen (secondary N) is 2. The summed E-state index contributed by atoms with van der Waals surface area (Å²) in [6.07, 6.45) is 0.0977. The Balaban J connectivity index is 1.89. The monoisotopic (exact) mass is 396 g/mol. The molecule has 0 aliphatic heterocycles. The molecule has 0 unspecified atom stereocenters. The van der Waals surface area contributed by atoms with E-state index in [1.807, 2.05) is 0 Å². The Morgan fingerprint density at radius 3 is 2.23 bits per heavy atom. The molecule has 0 bridgehead atoms. The zero-order valence-corrected chi connectivity index (χ0v) is 15.8. The number of carbonyl (C=O) groups excluding carboxylic acids is 2. The van der Waals surface area contributed by atoms with Crippen LogP contribution in [0.15, 0.2) is 36.4 Å². The molecule has 0 atom stereocenters. The third kappa shape index (κ3) is 5.28. The smallest absolute Gasteiger partial charge is 0.243 e. The zero-order chi connectivity index (χ0) is 19.1. The van der Waals surface area contributed by atoms with E-state index >= 15 is 0 Å². The fourth-order valence-electron chi connectivity index (χ4n) is 2.22. The number of carbonyl (C=O) groups is 2. The van der Waals surface area contributed by atoms with Crippen molar-refractivity contribution < 1.29 is 19.1 Å². The minimum Gasteiger partial charge on any atom is -0.493 e. The zero-order valence-electron chi connectivity index (χ0n) is 14.3. The summed E-state index contributed by atoms with van der Waals surface area (Å²) in [5.41, 5.74) is 1.05. The fraction of sp³-hybridized carbons (Fsp3) is 0.222. The van der Waals surface area contributed by atoms with E-state index in [4.69, 9.17) is 32.7 Å². The average Bonchev–Trinajstić information content (AvgIpc) is 2.63. The van der Waals surface area contributed by atoms with Gasteiger partial charge in [-0.25, -0.2) is 0 Å². The van der Waals surface area contributed by atoms with E-state index in [0.29, 0.717) is 27.2 Å². The van der Waals surface area contributed by atoms with E-state index < -0.39 is 5.91 Å². The van der Waals surface area contributed by atoms with E-state index in [9.17, 15) is 9.59 Å². The summed E-state index contributed by atoms with van der Waals surface area (Å²) >= 11 is 12.0. The first-order valence-electron chi connectivity index (χ1n) is 7.66. The summed E-state index contributed by atoms with van der Waals surface area (Å²) in [7, 11) is 3.06. The second-order valence-corrected chi connectivity index (χ2v) is 6.10. The summed E-state index contributed by atoms with van der Waals surface area (Å²) in [4.78, 5) is 24.0. The predicted molar refractivity (Wildman–Crippen MR) is 101 cm³/mol. The Kier molecular flexibility index (Phi) is 7.12. The molecule has 0 saturated carbocycles. The topological polar surface area (TPSA) is 76.7 Å². The van der Waals surface area contributed by atoms with Gasteiger partial charge in [-0.05, 0) is 29.8 Å². The minimum absolute atomic E-state index is 0.0977. The number of para-hydroxylation sites is 1. The third-order valence-electron chi connectivity index (χ3n) is 3.49.